The third-order valence-electron chi connectivity index (χ3n) is 4.34. The summed E-state index contributed by atoms with van der Waals surface area (Å²) in [6.07, 6.45) is -0.443. The van der Waals surface area contributed by atoms with Crippen LogP contribution >= 0.6 is 0 Å². The highest BCUT2D eigenvalue weighted by molar-refractivity contribution is 5.91. The van der Waals surface area contributed by atoms with E-state index in [0.717, 1.165) is 28.1 Å². The minimum Gasteiger partial charge on any atom is -0.471 e. The Bertz CT molecular complexity index is 754. The molecule has 2 N–H and O–H groups in total. The van der Waals surface area contributed by atoms with E-state index in [1.54, 1.807) is 0 Å². The van der Waals surface area contributed by atoms with Gasteiger partial charge in [0.15, 0.2) is 6.23 Å². The highest BCUT2D eigenvalue weighted by Crippen LogP contribution is 2.28. The number of amides is 2. The molecular weight excluding hydrogens is 324 g/mol. The van der Waals surface area contributed by atoms with Crippen LogP contribution in [0.4, 0.5) is 10.5 Å². The lowest BCUT2D eigenvalue weighted by molar-refractivity contribution is 0.181. The normalized spacial score (nSPS) is 12.2. The van der Waals surface area contributed by atoms with E-state index in [1.807, 2.05) is 50.2 Å². The molecule has 2 aromatic carbocycles. The van der Waals surface area contributed by atoms with Crippen LogP contribution in [0, 0.1) is 6.92 Å². The van der Waals surface area contributed by atoms with E-state index in [2.05, 4.69) is 44.4 Å². The van der Waals surface area contributed by atoms with Gasteiger partial charge in [-0.05, 0) is 48.4 Å². The van der Waals surface area contributed by atoms with Crippen LogP contribution < -0.4 is 15.4 Å². The van der Waals surface area contributed by atoms with Crippen molar-refractivity contribution in [2.45, 2.75) is 59.6 Å². The van der Waals surface area contributed by atoms with Crippen molar-refractivity contribution >= 4 is 11.7 Å². The zero-order valence-electron chi connectivity index (χ0n) is 16.6. The van der Waals surface area contributed by atoms with Gasteiger partial charge in [-0.2, -0.15) is 0 Å². The first-order valence-corrected chi connectivity index (χ1v) is 9.22. The molecule has 0 aliphatic heterocycles. The van der Waals surface area contributed by atoms with E-state index in [9.17, 15) is 4.79 Å². The number of benzene rings is 2. The predicted octanol–water partition coefficient (Wildman–Crippen LogP) is 5.79. The van der Waals surface area contributed by atoms with Crippen molar-refractivity contribution in [2.24, 2.45) is 0 Å². The van der Waals surface area contributed by atoms with E-state index in [-0.39, 0.29) is 6.03 Å². The van der Waals surface area contributed by atoms with E-state index < -0.39 is 6.23 Å². The Balaban J connectivity index is 2.05. The van der Waals surface area contributed by atoms with Crippen LogP contribution in [0.15, 0.2) is 42.5 Å². The Morgan fingerprint density at radius 1 is 0.885 bits per heavy atom. The predicted molar refractivity (Wildman–Crippen MR) is 108 cm³/mol. The molecule has 0 aromatic heterocycles. The number of rotatable bonds is 6. The summed E-state index contributed by atoms with van der Waals surface area (Å²) in [6.45, 7) is 12.3. The Morgan fingerprint density at radius 3 is 2.15 bits per heavy atom. The van der Waals surface area contributed by atoms with Gasteiger partial charge in [0, 0.05) is 5.69 Å². The number of anilines is 1. The second-order valence-electron chi connectivity index (χ2n) is 7.24. The monoisotopic (exact) mass is 354 g/mol. The lowest BCUT2D eigenvalue weighted by atomic mass is 9.98. The van der Waals surface area contributed by atoms with Crippen molar-refractivity contribution in [1.82, 2.24) is 5.32 Å². The quantitative estimate of drug-likeness (QED) is 0.645. The Morgan fingerprint density at radius 2 is 1.50 bits per heavy atom. The SMILES string of the molecule is Cc1cccc(C(C)C)c1NC(=O)NC(C)Oc1ccccc1C(C)C. The largest absolute Gasteiger partial charge is 0.471 e. The summed E-state index contributed by atoms with van der Waals surface area (Å²) >= 11 is 0. The summed E-state index contributed by atoms with van der Waals surface area (Å²) in [5.41, 5.74) is 4.17. The fraction of sp³-hybridized carbons (Fsp3) is 0.409. The maximum Gasteiger partial charge on any atom is 0.322 e. The average molecular weight is 354 g/mol. The molecule has 0 aliphatic carbocycles. The Labute approximate surface area is 157 Å². The summed E-state index contributed by atoms with van der Waals surface area (Å²) in [5, 5.41) is 5.85. The van der Waals surface area contributed by atoms with Gasteiger partial charge in [0.2, 0.25) is 0 Å². The second-order valence-corrected chi connectivity index (χ2v) is 7.24. The van der Waals surface area contributed by atoms with Crippen molar-refractivity contribution in [3.05, 3.63) is 59.2 Å². The number of hydrogen-bond acceptors (Lipinski definition) is 2. The van der Waals surface area contributed by atoms with Crippen molar-refractivity contribution < 1.29 is 9.53 Å². The molecule has 0 spiro atoms. The van der Waals surface area contributed by atoms with E-state index in [1.165, 1.54) is 0 Å². The number of carbonyl (C=O) groups is 1. The maximum absolute atomic E-state index is 12.5. The summed E-state index contributed by atoms with van der Waals surface area (Å²) in [6, 6.07) is 13.7. The minimum atomic E-state index is -0.443. The minimum absolute atomic E-state index is 0.268. The second kappa shape index (κ2) is 8.75. The van der Waals surface area contributed by atoms with Crippen LogP contribution in [0.2, 0.25) is 0 Å². The fourth-order valence-electron chi connectivity index (χ4n) is 2.96. The number of aryl methyl sites for hydroxylation is 1. The molecule has 4 nitrogen and oxygen atoms in total. The number of para-hydroxylation sites is 2. The third kappa shape index (κ3) is 5.01. The number of carbonyl (C=O) groups excluding carboxylic acids is 1. The van der Waals surface area contributed by atoms with Gasteiger partial charge >= 0.3 is 6.03 Å². The molecular formula is C22H30N2O2. The summed E-state index contributed by atoms with van der Waals surface area (Å²) < 4.78 is 5.95. The fourth-order valence-corrected chi connectivity index (χ4v) is 2.96. The number of ether oxygens (including phenoxy) is 1. The average Bonchev–Trinajstić information content (AvgIpc) is 2.56. The first-order valence-electron chi connectivity index (χ1n) is 9.22. The van der Waals surface area contributed by atoms with E-state index >= 15 is 0 Å². The van der Waals surface area contributed by atoms with Crippen molar-refractivity contribution in [3.63, 3.8) is 0 Å². The summed E-state index contributed by atoms with van der Waals surface area (Å²) in [4.78, 5) is 12.5. The van der Waals surface area contributed by atoms with Crippen LogP contribution in [0.5, 0.6) is 5.75 Å². The molecule has 2 amide bonds. The van der Waals surface area contributed by atoms with Crippen LogP contribution in [0.25, 0.3) is 0 Å². The van der Waals surface area contributed by atoms with Gasteiger partial charge in [0.1, 0.15) is 5.75 Å². The first-order chi connectivity index (χ1) is 12.3. The van der Waals surface area contributed by atoms with Crippen LogP contribution in [-0.2, 0) is 0 Å². The maximum atomic E-state index is 12.5. The lowest BCUT2D eigenvalue weighted by Gasteiger charge is -2.21. The highest BCUT2D eigenvalue weighted by Gasteiger charge is 2.15. The van der Waals surface area contributed by atoms with Gasteiger partial charge in [0.05, 0.1) is 0 Å². The highest BCUT2D eigenvalue weighted by atomic mass is 16.5. The molecule has 0 saturated heterocycles. The van der Waals surface area contributed by atoms with E-state index in [4.69, 9.17) is 4.74 Å². The van der Waals surface area contributed by atoms with Crippen molar-refractivity contribution in [2.75, 3.05) is 5.32 Å². The molecule has 0 fully saturated rings. The van der Waals surface area contributed by atoms with Crippen LogP contribution in [0.1, 0.15) is 63.1 Å². The molecule has 0 bridgehead atoms. The van der Waals surface area contributed by atoms with E-state index in [0.29, 0.717) is 11.8 Å². The molecule has 0 aliphatic rings. The third-order valence-corrected chi connectivity index (χ3v) is 4.34. The molecule has 0 heterocycles. The van der Waals surface area contributed by atoms with Crippen LogP contribution in [0.3, 0.4) is 0 Å². The molecule has 4 heteroatoms. The first kappa shape index (κ1) is 19.8. The van der Waals surface area contributed by atoms with Gasteiger partial charge in [-0.25, -0.2) is 4.79 Å². The van der Waals surface area contributed by atoms with Gasteiger partial charge in [-0.3, -0.25) is 0 Å². The molecule has 26 heavy (non-hydrogen) atoms. The Kier molecular flexibility index (Phi) is 6.67. The molecule has 1 atom stereocenters. The zero-order valence-corrected chi connectivity index (χ0v) is 16.6. The molecule has 2 rings (SSSR count). The number of urea groups is 1. The zero-order chi connectivity index (χ0) is 19.3. The molecule has 1 unspecified atom stereocenters. The Hall–Kier alpha value is -2.49. The molecule has 2 aromatic rings. The number of hydrogen-bond donors (Lipinski definition) is 2. The summed E-state index contributed by atoms with van der Waals surface area (Å²) in [5.74, 6) is 1.48. The number of nitrogens with one attached hydrogen (secondary N) is 2. The summed E-state index contributed by atoms with van der Waals surface area (Å²) in [7, 11) is 0. The topological polar surface area (TPSA) is 50.4 Å². The van der Waals surface area contributed by atoms with Crippen molar-refractivity contribution in [3.8, 4) is 5.75 Å². The molecule has 0 radical (unpaired) electrons. The van der Waals surface area contributed by atoms with Gasteiger partial charge in [0.25, 0.3) is 0 Å². The lowest BCUT2D eigenvalue weighted by Crippen LogP contribution is -2.40. The van der Waals surface area contributed by atoms with Crippen LogP contribution in [-0.4, -0.2) is 12.3 Å². The van der Waals surface area contributed by atoms with Gasteiger partial charge in [-0.1, -0.05) is 64.1 Å². The standard InChI is InChI=1S/C22H30N2O2/c1-14(2)18-11-7-8-13-20(18)26-17(6)23-22(25)24-21-16(5)10-9-12-19(21)15(3)4/h7-15,17H,1-6H3,(H2,23,24,25). The smallest absolute Gasteiger partial charge is 0.322 e. The molecule has 140 valence electrons. The van der Waals surface area contributed by atoms with Gasteiger partial charge < -0.3 is 15.4 Å². The molecule has 0 saturated carbocycles. The van der Waals surface area contributed by atoms with Crippen molar-refractivity contribution in [1.29, 1.82) is 0 Å². The van der Waals surface area contributed by atoms with Gasteiger partial charge in [-0.15, -0.1) is 0 Å².